The maximum atomic E-state index is 12.0. The SMILES string of the molecule is CCNC(=NCC(C)COCc1ccccc1)NCCNC(=O)c1cccnc1.I. The number of nitrogens with zero attached hydrogens (tertiary/aromatic N) is 2. The van der Waals surface area contributed by atoms with Crippen molar-refractivity contribution in [2.45, 2.75) is 20.5 Å². The molecule has 0 spiro atoms. The zero-order chi connectivity index (χ0) is 20.7. The lowest BCUT2D eigenvalue weighted by Crippen LogP contribution is -2.41. The number of rotatable bonds is 11. The zero-order valence-electron chi connectivity index (χ0n) is 17.6. The van der Waals surface area contributed by atoms with Crippen LogP contribution in [-0.2, 0) is 11.3 Å². The molecule has 8 heteroatoms. The molecule has 1 aromatic carbocycles. The van der Waals surface area contributed by atoms with Gasteiger partial charge in [0, 0.05) is 38.6 Å². The van der Waals surface area contributed by atoms with Gasteiger partial charge in [-0.3, -0.25) is 14.8 Å². The van der Waals surface area contributed by atoms with E-state index in [2.05, 4.69) is 45.0 Å². The minimum atomic E-state index is -0.133. The number of benzene rings is 1. The fourth-order valence-corrected chi connectivity index (χ4v) is 2.55. The Balaban J connectivity index is 0.00000450. The van der Waals surface area contributed by atoms with Crippen molar-refractivity contribution in [2.24, 2.45) is 10.9 Å². The van der Waals surface area contributed by atoms with Gasteiger partial charge in [0.15, 0.2) is 5.96 Å². The molecule has 0 saturated heterocycles. The Morgan fingerprint density at radius 3 is 2.57 bits per heavy atom. The summed E-state index contributed by atoms with van der Waals surface area (Å²) in [5, 5.41) is 9.31. The van der Waals surface area contributed by atoms with Crippen LogP contribution in [0.2, 0.25) is 0 Å². The fraction of sp³-hybridized carbons (Fsp3) is 0.409. The maximum absolute atomic E-state index is 12.0. The zero-order valence-corrected chi connectivity index (χ0v) is 20.0. The Kier molecular flexibility index (Phi) is 13.4. The quantitative estimate of drug-likeness (QED) is 0.182. The topological polar surface area (TPSA) is 87.6 Å². The van der Waals surface area contributed by atoms with E-state index in [1.165, 1.54) is 5.56 Å². The van der Waals surface area contributed by atoms with Crippen molar-refractivity contribution in [3.05, 3.63) is 66.0 Å². The largest absolute Gasteiger partial charge is 0.376 e. The number of carbonyl (C=O) groups excluding carboxylic acids is 1. The highest BCUT2D eigenvalue weighted by atomic mass is 127. The Hall–Kier alpha value is -2.20. The Labute approximate surface area is 196 Å². The molecule has 30 heavy (non-hydrogen) atoms. The van der Waals surface area contributed by atoms with Crippen LogP contribution in [-0.4, -0.2) is 49.6 Å². The van der Waals surface area contributed by atoms with E-state index in [1.54, 1.807) is 24.5 Å². The highest BCUT2D eigenvalue weighted by molar-refractivity contribution is 14.0. The highest BCUT2D eigenvalue weighted by Crippen LogP contribution is 2.03. The smallest absolute Gasteiger partial charge is 0.252 e. The van der Waals surface area contributed by atoms with Crippen LogP contribution in [0.4, 0.5) is 0 Å². The molecule has 1 aromatic heterocycles. The van der Waals surface area contributed by atoms with E-state index in [0.29, 0.717) is 44.3 Å². The Morgan fingerprint density at radius 2 is 1.87 bits per heavy atom. The van der Waals surface area contributed by atoms with Crippen molar-refractivity contribution in [1.82, 2.24) is 20.9 Å². The van der Waals surface area contributed by atoms with Gasteiger partial charge in [0.25, 0.3) is 5.91 Å². The average molecular weight is 525 g/mol. The number of nitrogens with one attached hydrogen (secondary N) is 3. The third-order valence-electron chi connectivity index (χ3n) is 4.05. The first-order valence-corrected chi connectivity index (χ1v) is 10.0. The van der Waals surface area contributed by atoms with Crippen LogP contribution in [0.25, 0.3) is 0 Å². The summed E-state index contributed by atoms with van der Waals surface area (Å²) in [7, 11) is 0. The summed E-state index contributed by atoms with van der Waals surface area (Å²) in [4.78, 5) is 20.5. The minimum Gasteiger partial charge on any atom is -0.376 e. The van der Waals surface area contributed by atoms with E-state index in [-0.39, 0.29) is 29.9 Å². The van der Waals surface area contributed by atoms with Crippen molar-refractivity contribution in [1.29, 1.82) is 0 Å². The van der Waals surface area contributed by atoms with Crippen LogP contribution in [0.3, 0.4) is 0 Å². The summed E-state index contributed by atoms with van der Waals surface area (Å²) < 4.78 is 5.78. The van der Waals surface area contributed by atoms with Gasteiger partial charge in [0.1, 0.15) is 0 Å². The van der Waals surface area contributed by atoms with E-state index in [4.69, 9.17) is 4.74 Å². The van der Waals surface area contributed by atoms with Gasteiger partial charge in [-0.15, -0.1) is 24.0 Å². The van der Waals surface area contributed by atoms with Gasteiger partial charge in [-0.2, -0.15) is 0 Å². The third kappa shape index (κ3) is 10.5. The summed E-state index contributed by atoms with van der Waals surface area (Å²) in [6, 6.07) is 13.6. The molecule has 1 atom stereocenters. The highest BCUT2D eigenvalue weighted by Gasteiger charge is 2.05. The number of ether oxygens (including phenoxy) is 1. The summed E-state index contributed by atoms with van der Waals surface area (Å²) in [5.74, 6) is 0.906. The van der Waals surface area contributed by atoms with Gasteiger partial charge >= 0.3 is 0 Å². The molecule has 1 heterocycles. The number of guanidine groups is 1. The average Bonchev–Trinajstić information content (AvgIpc) is 2.76. The van der Waals surface area contributed by atoms with E-state index >= 15 is 0 Å². The van der Waals surface area contributed by atoms with Gasteiger partial charge in [-0.25, -0.2) is 0 Å². The second-order valence-electron chi connectivity index (χ2n) is 6.75. The van der Waals surface area contributed by atoms with Gasteiger partial charge in [-0.1, -0.05) is 37.3 Å². The molecule has 0 saturated carbocycles. The molecule has 0 aliphatic carbocycles. The van der Waals surface area contributed by atoms with E-state index in [1.807, 2.05) is 25.1 Å². The van der Waals surface area contributed by atoms with Crippen LogP contribution in [0, 0.1) is 5.92 Å². The van der Waals surface area contributed by atoms with Gasteiger partial charge in [-0.05, 0) is 30.5 Å². The Morgan fingerprint density at radius 1 is 1.10 bits per heavy atom. The number of carbonyl (C=O) groups is 1. The number of hydrogen-bond acceptors (Lipinski definition) is 4. The number of aliphatic imine (C=N–C) groups is 1. The number of pyridine rings is 1. The molecule has 0 radical (unpaired) electrons. The maximum Gasteiger partial charge on any atom is 0.252 e. The molecule has 1 amide bonds. The fourth-order valence-electron chi connectivity index (χ4n) is 2.55. The lowest BCUT2D eigenvalue weighted by Gasteiger charge is -2.14. The predicted octanol–water partition coefficient (Wildman–Crippen LogP) is 2.84. The molecule has 164 valence electrons. The molecule has 0 aliphatic rings. The Bertz CT molecular complexity index is 744. The molecule has 0 aliphatic heterocycles. The minimum absolute atomic E-state index is 0. The van der Waals surface area contributed by atoms with E-state index < -0.39 is 0 Å². The molecule has 2 aromatic rings. The first-order chi connectivity index (χ1) is 14.2. The normalized spacial score (nSPS) is 11.9. The molecule has 1 unspecified atom stereocenters. The van der Waals surface area contributed by atoms with Crippen molar-refractivity contribution in [3.8, 4) is 0 Å². The number of amides is 1. The van der Waals surface area contributed by atoms with Crippen molar-refractivity contribution in [2.75, 3.05) is 32.8 Å². The second kappa shape index (κ2) is 15.6. The molecule has 7 nitrogen and oxygen atoms in total. The van der Waals surface area contributed by atoms with Crippen LogP contribution < -0.4 is 16.0 Å². The van der Waals surface area contributed by atoms with Gasteiger partial charge < -0.3 is 20.7 Å². The monoisotopic (exact) mass is 525 g/mol. The molecular weight excluding hydrogens is 493 g/mol. The molecule has 0 fully saturated rings. The van der Waals surface area contributed by atoms with Crippen LogP contribution in [0.15, 0.2) is 59.9 Å². The van der Waals surface area contributed by atoms with Crippen LogP contribution in [0.5, 0.6) is 0 Å². The van der Waals surface area contributed by atoms with E-state index in [9.17, 15) is 4.79 Å². The third-order valence-corrected chi connectivity index (χ3v) is 4.05. The summed E-state index contributed by atoms with van der Waals surface area (Å²) >= 11 is 0. The van der Waals surface area contributed by atoms with Gasteiger partial charge in [0.2, 0.25) is 0 Å². The summed E-state index contributed by atoms with van der Waals surface area (Å²) in [6.07, 6.45) is 3.20. The first kappa shape index (κ1) is 25.8. The van der Waals surface area contributed by atoms with Crippen molar-refractivity contribution < 1.29 is 9.53 Å². The molecule has 2 rings (SSSR count). The molecular formula is C22H32IN5O2. The van der Waals surface area contributed by atoms with E-state index in [0.717, 1.165) is 12.5 Å². The number of halogens is 1. The lowest BCUT2D eigenvalue weighted by molar-refractivity contribution is 0.0944. The number of hydrogen-bond donors (Lipinski definition) is 3. The van der Waals surface area contributed by atoms with Crippen molar-refractivity contribution in [3.63, 3.8) is 0 Å². The standard InChI is InChI=1S/C22H31N5O2.HI/c1-3-24-22(26-13-12-25-21(28)20-10-7-11-23-15-20)27-14-18(2)16-29-17-19-8-5-4-6-9-19;/h4-11,15,18H,3,12-14,16-17H2,1-2H3,(H,25,28)(H2,24,26,27);1H. The predicted molar refractivity (Wildman–Crippen MR) is 131 cm³/mol. The molecule has 0 bridgehead atoms. The molecule has 3 N–H and O–H groups in total. The van der Waals surface area contributed by atoms with Crippen molar-refractivity contribution >= 4 is 35.8 Å². The van der Waals surface area contributed by atoms with Crippen LogP contribution in [0.1, 0.15) is 29.8 Å². The second-order valence-corrected chi connectivity index (χ2v) is 6.75. The number of aromatic nitrogens is 1. The lowest BCUT2D eigenvalue weighted by atomic mass is 10.2. The summed E-state index contributed by atoms with van der Waals surface area (Å²) in [5.41, 5.74) is 1.73. The first-order valence-electron chi connectivity index (χ1n) is 10.0. The van der Waals surface area contributed by atoms with Gasteiger partial charge in [0.05, 0.1) is 18.8 Å². The summed E-state index contributed by atoms with van der Waals surface area (Å²) in [6.45, 7) is 7.91. The van der Waals surface area contributed by atoms with Crippen LogP contribution >= 0.6 is 24.0 Å².